The highest BCUT2D eigenvalue weighted by Crippen LogP contribution is 2.31. The molecule has 0 bridgehead atoms. The molecule has 0 N–H and O–H groups in total. The first-order chi connectivity index (χ1) is 13.5. The van der Waals surface area contributed by atoms with E-state index >= 15 is 0 Å². The van der Waals surface area contributed by atoms with Crippen LogP contribution in [0, 0.1) is 0 Å². The molecule has 0 spiro atoms. The molecule has 0 fully saturated rings. The van der Waals surface area contributed by atoms with Gasteiger partial charge in [0, 0.05) is 24.4 Å². The Bertz CT molecular complexity index is 1030. The van der Waals surface area contributed by atoms with E-state index in [1.54, 1.807) is 39.5 Å². The quantitative estimate of drug-likeness (QED) is 0.658. The number of amides is 1. The monoisotopic (exact) mass is 379 g/mol. The van der Waals surface area contributed by atoms with Crippen LogP contribution < -0.4 is 19.9 Å². The number of nitrogens with zero attached hydrogens (tertiary/aromatic N) is 3. The molecule has 3 rings (SSSR count). The Balaban J connectivity index is 1.88. The Hall–Kier alpha value is -3.61. The van der Waals surface area contributed by atoms with E-state index in [2.05, 4.69) is 5.10 Å². The van der Waals surface area contributed by atoms with E-state index in [1.165, 1.54) is 11.0 Å². The van der Waals surface area contributed by atoms with Crippen LogP contribution in [-0.2, 0) is 11.3 Å². The third kappa shape index (κ3) is 4.03. The van der Waals surface area contributed by atoms with Crippen molar-refractivity contribution in [2.45, 2.75) is 6.54 Å². The minimum Gasteiger partial charge on any atom is -0.493 e. The van der Waals surface area contributed by atoms with Gasteiger partial charge in [-0.25, -0.2) is 4.68 Å². The predicted octanol–water partition coefficient (Wildman–Crippen LogP) is 2.59. The summed E-state index contributed by atoms with van der Waals surface area (Å²) in [5.74, 6) is 0.906. The molecule has 0 radical (unpaired) electrons. The number of likely N-dealkylation sites (N-methyl/N-ethyl adjacent to an activating group) is 1. The number of methoxy groups -OCH3 is 2. The van der Waals surface area contributed by atoms with E-state index in [4.69, 9.17) is 9.47 Å². The minimum atomic E-state index is -0.348. The highest BCUT2D eigenvalue weighted by Gasteiger charge is 2.14. The molecular formula is C21H21N3O4. The van der Waals surface area contributed by atoms with Gasteiger partial charge in [-0.2, -0.15) is 5.10 Å². The van der Waals surface area contributed by atoms with Gasteiger partial charge in [0.05, 0.1) is 19.9 Å². The molecule has 1 aromatic heterocycles. The number of para-hydroxylation sites is 1. The molecule has 0 saturated heterocycles. The van der Waals surface area contributed by atoms with E-state index in [0.29, 0.717) is 17.2 Å². The van der Waals surface area contributed by atoms with Crippen LogP contribution in [0.5, 0.6) is 11.5 Å². The lowest BCUT2D eigenvalue weighted by atomic mass is 10.1. The fraction of sp³-hybridized carbons (Fsp3) is 0.190. The largest absolute Gasteiger partial charge is 0.493 e. The SMILES string of the molecule is COc1ccc(-c2ccc(=O)n(CC(=O)N(C)c3ccccc3)n2)cc1OC. The Morgan fingerprint density at radius 3 is 2.39 bits per heavy atom. The van der Waals surface area contributed by atoms with Gasteiger partial charge in [0.15, 0.2) is 11.5 Å². The maximum absolute atomic E-state index is 12.6. The first kappa shape index (κ1) is 19.2. The molecule has 1 amide bonds. The van der Waals surface area contributed by atoms with Crippen LogP contribution in [0.15, 0.2) is 65.5 Å². The maximum atomic E-state index is 12.6. The average molecular weight is 379 g/mol. The Kier molecular flexibility index (Phi) is 5.74. The number of hydrogen-bond donors (Lipinski definition) is 0. The molecule has 0 unspecified atom stereocenters. The van der Waals surface area contributed by atoms with E-state index in [1.807, 2.05) is 36.4 Å². The smallest absolute Gasteiger partial charge is 0.267 e. The lowest BCUT2D eigenvalue weighted by molar-refractivity contribution is -0.119. The Morgan fingerprint density at radius 2 is 1.71 bits per heavy atom. The number of benzene rings is 2. The highest BCUT2D eigenvalue weighted by molar-refractivity contribution is 5.92. The first-order valence-corrected chi connectivity index (χ1v) is 8.65. The third-order valence-corrected chi connectivity index (χ3v) is 4.35. The molecule has 3 aromatic rings. The molecule has 0 aliphatic rings. The zero-order chi connectivity index (χ0) is 20.1. The number of aromatic nitrogens is 2. The van der Waals surface area contributed by atoms with Crippen LogP contribution in [0.3, 0.4) is 0 Å². The van der Waals surface area contributed by atoms with Crippen molar-refractivity contribution < 1.29 is 14.3 Å². The average Bonchev–Trinajstić information content (AvgIpc) is 2.74. The van der Waals surface area contributed by atoms with E-state index in [0.717, 1.165) is 15.9 Å². The number of ether oxygens (including phenoxy) is 2. The van der Waals surface area contributed by atoms with E-state index in [-0.39, 0.29) is 18.0 Å². The van der Waals surface area contributed by atoms with Crippen LogP contribution in [0.1, 0.15) is 0 Å². The maximum Gasteiger partial charge on any atom is 0.267 e. The summed E-state index contributed by atoms with van der Waals surface area (Å²) in [5.41, 5.74) is 1.70. The topological polar surface area (TPSA) is 73.7 Å². The van der Waals surface area contributed by atoms with Crippen LogP contribution in [-0.4, -0.2) is 37.0 Å². The second-order valence-corrected chi connectivity index (χ2v) is 6.07. The second-order valence-electron chi connectivity index (χ2n) is 6.07. The molecule has 0 aliphatic heterocycles. The van der Waals surface area contributed by atoms with Gasteiger partial charge in [-0.15, -0.1) is 0 Å². The zero-order valence-electron chi connectivity index (χ0n) is 16.0. The Labute approximate surface area is 162 Å². The van der Waals surface area contributed by atoms with Crippen molar-refractivity contribution in [3.8, 4) is 22.8 Å². The summed E-state index contributed by atoms with van der Waals surface area (Å²) in [7, 11) is 4.78. The van der Waals surface area contributed by atoms with Crippen molar-refractivity contribution in [1.29, 1.82) is 0 Å². The molecular weight excluding hydrogens is 358 g/mol. The number of carbonyl (C=O) groups excluding carboxylic acids is 1. The van der Waals surface area contributed by atoms with Gasteiger partial charge >= 0.3 is 0 Å². The fourth-order valence-electron chi connectivity index (χ4n) is 2.74. The predicted molar refractivity (Wildman–Crippen MR) is 107 cm³/mol. The van der Waals surface area contributed by atoms with Crippen molar-refractivity contribution in [2.24, 2.45) is 0 Å². The third-order valence-electron chi connectivity index (χ3n) is 4.35. The molecule has 0 aliphatic carbocycles. The lowest BCUT2D eigenvalue weighted by Crippen LogP contribution is -2.34. The molecule has 28 heavy (non-hydrogen) atoms. The number of hydrogen-bond acceptors (Lipinski definition) is 5. The van der Waals surface area contributed by atoms with Crippen LogP contribution in [0.25, 0.3) is 11.3 Å². The van der Waals surface area contributed by atoms with Gasteiger partial charge in [0.2, 0.25) is 5.91 Å². The molecule has 0 atom stereocenters. The summed E-state index contributed by atoms with van der Waals surface area (Å²) in [6, 6.07) is 17.6. The Morgan fingerprint density at radius 1 is 1.00 bits per heavy atom. The van der Waals surface area contributed by atoms with E-state index < -0.39 is 0 Å². The molecule has 0 saturated carbocycles. The van der Waals surface area contributed by atoms with Gasteiger partial charge in [-0.05, 0) is 36.4 Å². The van der Waals surface area contributed by atoms with Crippen LogP contribution in [0.4, 0.5) is 5.69 Å². The van der Waals surface area contributed by atoms with Gasteiger partial charge in [0.1, 0.15) is 6.54 Å². The second kappa shape index (κ2) is 8.39. The molecule has 7 heteroatoms. The standard InChI is InChI=1S/C21H21N3O4/c1-23(16-7-5-4-6-8-16)21(26)14-24-20(25)12-10-17(22-24)15-9-11-18(27-2)19(13-15)28-3/h4-13H,14H2,1-3H3. The summed E-state index contributed by atoms with van der Waals surface area (Å²) in [5, 5.41) is 4.35. The van der Waals surface area contributed by atoms with Gasteiger partial charge in [-0.3, -0.25) is 9.59 Å². The summed E-state index contributed by atoms with van der Waals surface area (Å²) in [6.45, 7) is -0.161. The van der Waals surface area contributed by atoms with Gasteiger partial charge in [-0.1, -0.05) is 18.2 Å². The molecule has 1 heterocycles. The number of carbonyl (C=O) groups is 1. The number of anilines is 1. The van der Waals surface area contributed by atoms with E-state index in [9.17, 15) is 9.59 Å². The number of rotatable bonds is 6. The summed E-state index contributed by atoms with van der Waals surface area (Å²) < 4.78 is 11.7. The van der Waals surface area contributed by atoms with Crippen LogP contribution in [0.2, 0.25) is 0 Å². The molecule has 144 valence electrons. The fourth-order valence-corrected chi connectivity index (χ4v) is 2.74. The summed E-state index contributed by atoms with van der Waals surface area (Å²) >= 11 is 0. The van der Waals surface area contributed by atoms with Gasteiger partial charge < -0.3 is 14.4 Å². The molecule has 2 aromatic carbocycles. The van der Waals surface area contributed by atoms with Crippen molar-refractivity contribution in [1.82, 2.24) is 9.78 Å². The van der Waals surface area contributed by atoms with Crippen molar-refractivity contribution >= 4 is 11.6 Å². The summed E-state index contributed by atoms with van der Waals surface area (Å²) in [4.78, 5) is 26.3. The van der Waals surface area contributed by atoms with Gasteiger partial charge in [0.25, 0.3) is 5.56 Å². The van der Waals surface area contributed by atoms with Crippen molar-refractivity contribution in [3.63, 3.8) is 0 Å². The minimum absolute atomic E-state index is 0.161. The normalized spacial score (nSPS) is 10.4. The van der Waals surface area contributed by atoms with Crippen molar-refractivity contribution in [3.05, 3.63) is 71.0 Å². The zero-order valence-corrected chi connectivity index (χ0v) is 16.0. The highest BCUT2D eigenvalue weighted by atomic mass is 16.5. The first-order valence-electron chi connectivity index (χ1n) is 8.65. The van der Waals surface area contributed by atoms with Crippen LogP contribution >= 0.6 is 0 Å². The molecule has 7 nitrogen and oxygen atoms in total. The summed E-state index contributed by atoms with van der Waals surface area (Å²) in [6.07, 6.45) is 0. The van der Waals surface area contributed by atoms with Crippen molar-refractivity contribution in [2.75, 3.05) is 26.2 Å². The lowest BCUT2D eigenvalue weighted by Gasteiger charge is -2.17.